The van der Waals surface area contributed by atoms with Crippen molar-refractivity contribution in [3.8, 4) is 0 Å². The summed E-state index contributed by atoms with van der Waals surface area (Å²) in [7, 11) is -3.46. The summed E-state index contributed by atoms with van der Waals surface area (Å²) in [5.41, 5.74) is 0.847. The maximum Gasteiger partial charge on any atom is 0.279 e. The Morgan fingerprint density at radius 3 is 2.75 bits per heavy atom. The van der Waals surface area contributed by atoms with Crippen LogP contribution in [0.4, 0.5) is 4.39 Å². The second-order valence-corrected chi connectivity index (χ2v) is 6.84. The van der Waals surface area contributed by atoms with Gasteiger partial charge in [-0.25, -0.2) is 4.39 Å². The number of nitrogens with one attached hydrogen (secondary N) is 1. The first kappa shape index (κ1) is 13.9. The molecule has 1 heterocycles. The number of hydrogen-bond donors (Lipinski definition) is 1. The van der Waals surface area contributed by atoms with Gasteiger partial charge in [0.25, 0.3) is 10.2 Å². The quantitative estimate of drug-likeness (QED) is 0.897. The lowest BCUT2D eigenvalue weighted by Crippen LogP contribution is -2.47. The normalized spacial score (nSPS) is 27.4. The lowest BCUT2D eigenvalue weighted by Gasteiger charge is -2.26. The third-order valence-corrected chi connectivity index (χ3v) is 5.32. The molecule has 1 aliphatic heterocycles. The largest absolute Gasteiger partial charge is 0.379 e. The highest BCUT2D eigenvalue weighted by Gasteiger charge is 2.42. The van der Waals surface area contributed by atoms with Crippen molar-refractivity contribution >= 4 is 10.2 Å². The molecule has 1 saturated carbocycles. The van der Waals surface area contributed by atoms with E-state index in [1.165, 1.54) is 16.4 Å². The third-order valence-electron chi connectivity index (χ3n) is 3.68. The minimum Gasteiger partial charge on any atom is -0.379 e. The van der Waals surface area contributed by atoms with Crippen LogP contribution < -0.4 is 4.72 Å². The molecule has 2 fully saturated rings. The molecule has 0 amide bonds. The van der Waals surface area contributed by atoms with E-state index >= 15 is 0 Å². The van der Waals surface area contributed by atoms with Crippen LogP contribution in [0, 0.1) is 5.82 Å². The monoisotopic (exact) mass is 300 g/mol. The fraction of sp³-hybridized carbons (Fsp3) is 0.538. The zero-order chi connectivity index (χ0) is 14.2. The van der Waals surface area contributed by atoms with Gasteiger partial charge in [-0.2, -0.15) is 17.4 Å². The predicted octanol–water partition coefficient (Wildman–Crippen LogP) is 0.848. The van der Waals surface area contributed by atoms with Gasteiger partial charge in [-0.05, 0) is 24.1 Å². The summed E-state index contributed by atoms with van der Waals surface area (Å²) >= 11 is 0. The van der Waals surface area contributed by atoms with E-state index in [9.17, 15) is 12.8 Å². The van der Waals surface area contributed by atoms with Crippen LogP contribution in [0.15, 0.2) is 24.3 Å². The number of benzene rings is 1. The summed E-state index contributed by atoms with van der Waals surface area (Å²) in [5, 5.41) is 0. The number of hydrogen-bond acceptors (Lipinski definition) is 3. The van der Waals surface area contributed by atoms with Gasteiger partial charge in [-0.1, -0.05) is 12.1 Å². The van der Waals surface area contributed by atoms with Crippen LogP contribution in [0.1, 0.15) is 17.9 Å². The van der Waals surface area contributed by atoms with Gasteiger partial charge < -0.3 is 4.74 Å². The number of morpholine rings is 1. The van der Waals surface area contributed by atoms with Crippen LogP contribution in [0.2, 0.25) is 0 Å². The summed E-state index contributed by atoms with van der Waals surface area (Å²) in [6.45, 7) is 1.62. The molecule has 7 heteroatoms. The minimum absolute atomic E-state index is 0.0708. The first-order valence-electron chi connectivity index (χ1n) is 6.67. The Bertz CT molecular complexity index is 587. The van der Waals surface area contributed by atoms with Gasteiger partial charge in [-0.3, -0.25) is 0 Å². The molecule has 0 radical (unpaired) electrons. The van der Waals surface area contributed by atoms with Crippen LogP contribution in [0.5, 0.6) is 0 Å². The van der Waals surface area contributed by atoms with Gasteiger partial charge in [-0.15, -0.1) is 0 Å². The van der Waals surface area contributed by atoms with Crippen molar-refractivity contribution in [3.63, 3.8) is 0 Å². The molecule has 2 atom stereocenters. The van der Waals surface area contributed by atoms with Crippen LogP contribution in [-0.4, -0.2) is 45.1 Å². The van der Waals surface area contributed by atoms with Crippen molar-refractivity contribution in [1.82, 2.24) is 9.03 Å². The Kier molecular flexibility index (Phi) is 3.76. The molecule has 0 aromatic heterocycles. The molecule has 1 N–H and O–H groups in total. The fourth-order valence-electron chi connectivity index (χ4n) is 2.48. The van der Waals surface area contributed by atoms with E-state index in [2.05, 4.69) is 4.72 Å². The number of halogens is 1. The maximum atomic E-state index is 13.2. The Hall–Kier alpha value is -1.02. The summed E-state index contributed by atoms with van der Waals surface area (Å²) in [6, 6.07) is 6.20. The standard InChI is InChI=1S/C13H17FN2O3S/c14-11-3-1-2-10(8-11)12-9-13(12)15-20(17,18)16-4-6-19-7-5-16/h1-3,8,12-13,15H,4-7,9H2. The van der Waals surface area contributed by atoms with Crippen molar-refractivity contribution in [1.29, 1.82) is 0 Å². The van der Waals surface area contributed by atoms with Crippen LogP contribution in [-0.2, 0) is 14.9 Å². The smallest absolute Gasteiger partial charge is 0.279 e. The Morgan fingerprint density at radius 2 is 2.05 bits per heavy atom. The lowest BCUT2D eigenvalue weighted by molar-refractivity contribution is 0.0724. The van der Waals surface area contributed by atoms with Gasteiger partial charge in [0.2, 0.25) is 0 Å². The van der Waals surface area contributed by atoms with Crippen LogP contribution >= 0.6 is 0 Å². The van der Waals surface area contributed by atoms with E-state index in [0.717, 1.165) is 5.56 Å². The van der Waals surface area contributed by atoms with Gasteiger partial charge in [0, 0.05) is 25.0 Å². The van der Waals surface area contributed by atoms with Crippen molar-refractivity contribution < 1.29 is 17.5 Å². The highest BCUT2D eigenvalue weighted by atomic mass is 32.2. The molecule has 1 aliphatic carbocycles. The van der Waals surface area contributed by atoms with Crippen molar-refractivity contribution in [2.45, 2.75) is 18.4 Å². The molecule has 1 aromatic carbocycles. The average molecular weight is 300 g/mol. The molecule has 3 rings (SSSR count). The van der Waals surface area contributed by atoms with Crippen LogP contribution in [0.25, 0.3) is 0 Å². The van der Waals surface area contributed by atoms with Gasteiger partial charge in [0.15, 0.2) is 0 Å². The molecule has 2 unspecified atom stereocenters. The minimum atomic E-state index is -3.46. The second-order valence-electron chi connectivity index (χ2n) is 5.14. The van der Waals surface area contributed by atoms with Crippen molar-refractivity contribution in [2.75, 3.05) is 26.3 Å². The highest BCUT2D eigenvalue weighted by Crippen LogP contribution is 2.41. The first-order valence-corrected chi connectivity index (χ1v) is 8.11. The lowest BCUT2D eigenvalue weighted by atomic mass is 10.1. The van der Waals surface area contributed by atoms with E-state index in [-0.39, 0.29) is 17.8 Å². The summed E-state index contributed by atoms with van der Waals surface area (Å²) < 4.78 is 46.7. The second kappa shape index (κ2) is 5.40. The molecular weight excluding hydrogens is 283 g/mol. The van der Waals surface area contributed by atoms with Gasteiger partial charge in [0.1, 0.15) is 5.82 Å². The Morgan fingerprint density at radius 1 is 1.30 bits per heavy atom. The number of ether oxygens (including phenoxy) is 1. The summed E-state index contributed by atoms with van der Waals surface area (Å²) in [5.74, 6) is -0.217. The summed E-state index contributed by atoms with van der Waals surface area (Å²) in [6.07, 6.45) is 0.715. The summed E-state index contributed by atoms with van der Waals surface area (Å²) in [4.78, 5) is 0. The third kappa shape index (κ3) is 3.01. The SMILES string of the molecule is O=S(=O)(NC1CC1c1cccc(F)c1)N1CCOCC1. The van der Waals surface area contributed by atoms with Crippen LogP contribution in [0.3, 0.4) is 0 Å². The van der Waals surface area contributed by atoms with E-state index in [4.69, 9.17) is 4.74 Å². The molecule has 5 nitrogen and oxygen atoms in total. The van der Waals surface area contributed by atoms with Gasteiger partial charge in [0.05, 0.1) is 13.2 Å². The van der Waals surface area contributed by atoms with E-state index in [0.29, 0.717) is 32.7 Å². The predicted molar refractivity (Wildman–Crippen MR) is 72.0 cm³/mol. The zero-order valence-electron chi connectivity index (χ0n) is 11.0. The highest BCUT2D eigenvalue weighted by molar-refractivity contribution is 7.87. The van der Waals surface area contributed by atoms with Crippen molar-refractivity contribution in [2.24, 2.45) is 0 Å². The molecule has 1 saturated heterocycles. The molecular formula is C13H17FN2O3S. The van der Waals surface area contributed by atoms with Crippen molar-refractivity contribution in [3.05, 3.63) is 35.6 Å². The maximum absolute atomic E-state index is 13.2. The molecule has 1 aromatic rings. The number of rotatable bonds is 4. The van der Waals surface area contributed by atoms with E-state index in [1.54, 1.807) is 6.07 Å². The first-order chi connectivity index (χ1) is 9.56. The Balaban J connectivity index is 1.62. The fourth-order valence-corrected chi connectivity index (χ4v) is 3.91. The molecule has 0 spiro atoms. The number of nitrogens with zero attached hydrogens (tertiary/aromatic N) is 1. The zero-order valence-corrected chi connectivity index (χ0v) is 11.8. The Labute approximate surface area is 117 Å². The van der Waals surface area contributed by atoms with Gasteiger partial charge >= 0.3 is 0 Å². The molecule has 20 heavy (non-hydrogen) atoms. The van der Waals surface area contributed by atoms with E-state index < -0.39 is 10.2 Å². The molecule has 2 aliphatic rings. The molecule has 110 valence electrons. The average Bonchev–Trinajstić information content (AvgIpc) is 3.18. The topological polar surface area (TPSA) is 58.6 Å². The van der Waals surface area contributed by atoms with E-state index in [1.807, 2.05) is 6.07 Å². The molecule has 0 bridgehead atoms.